The van der Waals surface area contributed by atoms with Crippen LogP contribution >= 0.6 is 0 Å². The minimum atomic E-state index is -0.805. The zero-order valence-corrected chi connectivity index (χ0v) is 18.3. The first-order chi connectivity index (χ1) is 16.3. The normalized spacial score (nSPS) is 10.7. The molecular weight excluding hydrogens is 436 g/mol. The van der Waals surface area contributed by atoms with Crippen LogP contribution in [0, 0.1) is 0 Å². The molecule has 1 amide bonds. The Labute approximate surface area is 193 Å². The molecule has 0 bridgehead atoms. The predicted octanol–water partition coefficient (Wildman–Crippen LogP) is 1.05. The molecule has 10 nitrogen and oxygen atoms in total. The molecule has 0 saturated heterocycles. The Morgan fingerprint density at radius 1 is 0.912 bits per heavy atom. The number of rotatable bonds is 6. The molecule has 2 aromatic heterocycles. The molecule has 0 aliphatic heterocycles. The number of hydrogen-bond donors (Lipinski definition) is 2. The minimum Gasteiger partial charge on any atom is -0.383 e. The third-order valence-corrected chi connectivity index (χ3v) is 5.30. The summed E-state index contributed by atoms with van der Waals surface area (Å²) in [5.41, 5.74) is 5.68. The van der Waals surface area contributed by atoms with E-state index in [1.54, 1.807) is 0 Å². The number of nitrogens with two attached hydrogens (primary N) is 1. The highest BCUT2D eigenvalue weighted by atomic mass is 16.2. The van der Waals surface area contributed by atoms with Crippen molar-refractivity contribution in [2.45, 2.75) is 13.1 Å². The van der Waals surface area contributed by atoms with Crippen LogP contribution in [0.3, 0.4) is 0 Å². The van der Waals surface area contributed by atoms with Crippen molar-refractivity contribution in [3.05, 3.63) is 121 Å². The molecule has 0 aliphatic carbocycles. The number of carbonyl (C=O) groups excluding carboxylic acids is 1. The van der Waals surface area contributed by atoms with Crippen molar-refractivity contribution in [1.82, 2.24) is 19.3 Å². The van der Waals surface area contributed by atoms with Gasteiger partial charge in [-0.3, -0.25) is 23.9 Å². The number of carbonyl (C=O) groups is 1. The molecule has 4 aromatic rings. The number of nitrogens with zero attached hydrogens (tertiary/aromatic N) is 4. The van der Waals surface area contributed by atoms with Crippen molar-refractivity contribution in [1.29, 1.82) is 0 Å². The van der Waals surface area contributed by atoms with Gasteiger partial charge in [0.15, 0.2) is 5.69 Å². The average Bonchev–Trinajstić information content (AvgIpc) is 2.84. The lowest BCUT2D eigenvalue weighted by Gasteiger charge is -2.20. The number of H-pyrrole nitrogens is 1. The Balaban J connectivity index is 1.68. The summed E-state index contributed by atoms with van der Waals surface area (Å²) < 4.78 is 2.35. The number of hydrogen-bond acceptors (Lipinski definition) is 6. The van der Waals surface area contributed by atoms with Gasteiger partial charge < -0.3 is 10.6 Å². The highest BCUT2D eigenvalue weighted by Gasteiger charge is 2.23. The van der Waals surface area contributed by atoms with Crippen molar-refractivity contribution >= 4 is 17.4 Å². The Bertz CT molecular complexity index is 1510. The molecule has 4 rings (SSSR count). The molecule has 0 aliphatic rings. The van der Waals surface area contributed by atoms with Crippen LogP contribution in [0.5, 0.6) is 0 Å². The maximum atomic E-state index is 13.2. The number of anilines is 2. The van der Waals surface area contributed by atoms with Crippen molar-refractivity contribution in [2.75, 3.05) is 17.7 Å². The van der Waals surface area contributed by atoms with Crippen LogP contribution < -0.4 is 27.4 Å². The van der Waals surface area contributed by atoms with Gasteiger partial charge in [0, 0.05) is 13.1 Å². The molecule has 172 valence electrons. The van der Waals surface area contributed by atoms with Gasteiger partial charge in [0.1, 0.15) is 11.5 Å². The van der Waals surface area contributed by atoms with Gasteiger partial charge in [0.05, 0.1) is 13.1 Å². The first-order valence-corrected chi connectivity index (χ1v) is 10.4. The lowest BCUT2D eigenvalue weighted by molar-refractivity contribution is 0.0985. The Morgan fingerprint density at radius 2 is 1.50 bits per heavy atom. The standard InChI is InChI=1S/C24H22N6O4/c1-28(20-21(25)29(24(34)26-22(20)32)14-16-8-4-2-5-9-16)23(33)18-12-13-19(31)30(27-18)15-17-10-6-3-7-11-17/h2-13H,14-15,25H2,1H3,(H,26,32,34). The van der Waals surface area contributed by atoms with E-state index in [0.29, 0.717) is 0 Å². The quantitative estimate of drug-likeness (QED) is 0.443. The van der Waals surface area contributed by atoms with Crippen LogP contribution in [0.4, 0.5) is 11.5 Å². The van der Waals surface area contributed by atoms with Crippen LogP contribution in [-0.2, 0) is 13.1 Å². The molecule has 2 aromatic carbocycles. The number of nitrogens with one attached hydrogen (secondary N) is 1. The fourth-order valence-corrected chi connectivity index (χ4v) is 3.53. The zero-order valence-electron chi connectivity index (χ0n) is 18.3. The highest BCUT2D eigenvalue weighted by Crippen LogP contribution is 2.18. The van der Waals surface area contributed by atoms with E-state index in [0.717, 1.165) is 16.0 Å². The SMILES string of the molecule is CN(C(=O)c1ccc(=O)n(Cc2ccccc2)n1)c1c(N)n(Cc2ccccc2)c(=O)[nH]c1=O. The Morgan fingerprint density at radius 3 is 2.12 bits per heavy atom. The summed E-state index contributed by atoms with van der Waals surface area (Å²) in [5, 5.41) is 4.17. The average molecular weight is 458 g/mol. The number of amides is 1. The van der Waals surface area contributed by atoms with E-state index in [9.17, 15) is 19.2 Å². The highest BCUT2D eigenvalue weighted by molar-refractivity contribution is 6.05. The molecule has 10 heteroatoms. The van der Waals surface area contributed by atoms with E-state index in [1.165, 1.54) is 28.4 Å². The van der Waals surface area contributed by atoms with E-state index < -0.39 is 17.2 Å². The van der Waals surface area contributed by atoms with Crippen molar-refractivity contribution < 1.29 is 4.79 Å². The number of aromatic amines is 1. The second-order valence-electron chi connectivity index (χ2n) is 7.63. The van der Waals surface area contributed by atoms with Gasteiger partial charge in [-0.1, -0.05) is 60.7 Å². The third kappa shape index (κ3) is 4.56. The molecule has 0 spiro atoms. The van der Waals surface area contributed by atoms with Crippen LogP contribution in [0.15, 0.2) is 87.2 Å². The third-order valence-electron chi connectivity index (χ3n) is 5.30. The topological polar surface area (TPSA) is 136 Å². The summed E-state index contributed by atoms with van der Waals surface area (Å²) in [6.07, 6.45) is 0. The summed E-state index contributed by atoms with van der Waals surface area (Å²) in [4.78, 5) is 53.7. The molecule has 0 radical (unpaired) electrons. The number of benzene rings is 2. The van der Waals surface area contributed by atoms with Gasteiger partial charge in [-0.05, 0) is 17.2 Å². The van der Waals surface area contributed by atoms with Gasteiger partial charge >= 0.3 is 5.69 Å². The van der Waals surface area contributed by atoms with Crippen LogP contribution in [0.1, 0.15) is 21.6 Å². The molecule has 0 saturated carbocycles. The van der Waals surface area contributed by atoms with Gasteiger partial charge in [-0.25, -0.2) is 9.48 Å². The maximum Gasteiger partial charge on any atom is 0.330 e. The first kappa shape index (κ1) is 22.5. The molecule has 0 unspecified atom stereocenters. The monoisotopic (exact) mass is 458 g/mol. The Kier molecular flexibility index (Phi) is 6.22. The summed E-state index contributed by atoms with van der Waals surface area (Å²) in [6.45, 7) is 0.284. The van der Waals surface area contributed by atoms with E-state index >= 15 is 0 Å². The zero-order chi connectivity index (χ0) is 24.2. The Hall–Kier alpha value is -4.73. The van der Waals surface area contributed by atoms with Crippen LogP contribution in [0.2, 0.25) is 0 Å². The van der Waals surface area contributed by atoms with Gasteiger partial charge in [0.2, 0.25) is 0 Å². The fourth-order valence-electron chi connectivity index (χ4n) is 3.53. The molecule has 3 N–H and O–H groups in total. The maximum absolute atomic E-state index is 13.2. The largest absolute Gasteiger partial charge is 0.383 e. The van der Waals surface area contributed by atoms with E-state index in [-0.39, 0.29) is 35.8 Å². The summed E-state index contributed by atoms with van der Waals surface area (Å²) in [7, 11) is 1.36. The van der Waals surface area contributed by atoms with Crippen LogP contribution in [0.25, 0.3) is 0 Å². The van der Waals surface area contributed by atoms with Gasteiger partial charge in [0.25, 0.3) is 17.0 Å². The number of aromatic nitrogens is 4. The molecule has 34 heavy (non-hydrogen) atoms. The van der Waals surface area contributed by atoms with Crippen molar-refractivity contribution in [3.63, 3.8) is 0 Å². The number of nitrogen functional groups attached to an aromatic ring is 1. The lowest BCUT2D eigenvalue weighted by atomic mass is 10.2. The van der Waals surface area contributed by atoms with E-state index in [1.807, 2.05) is 60.7 Å². The second kappa shape index (κ2) is 9.41. The van der Waals surface area contributed by atoms with Crippen molar-refractivity contribution in [2.24, 2.45) is 0 Å². The molecule has 0 atom stereocenters. The molecular formula is C24H22N6O4. The molecule has 0 fully saturated rings. The van der Waals surface area contributed by atoms with Crippen molar-refractivity contribution in [3.8, 4) is 0 Å². The summed E-state index contributed by atoms with van der Waals surface area (Å²) in [5.74, 6) is -0.824. The fraction of sp³-hybridized carbons (Fsp3) is 0.125. The predicted molar refractivity (Wildman–Crippen MR) is 128 cm³/mol. The summed E-state index contributed by atoms with van der Waals surface area (Å²) in [6, 6.07) is 20.8. The minimum absolute atomic E-state index is 0.0577. The van der Waals surface area contributed by atoms with Gasteiger partial charge in [-0.15, -0.1) is 0 Å². The molecule has 2 heterocycles. The smallest absolute Gasteiger partial charge is 0.330 e. The second-order valence-corrected chi connectivity index (χ2v) is 7.63. The first-order valence-electron chi connectivity index (χ1n) is 10.4. The van der Waals surface area contributed by atoms with E-state index in [4.69, 9.17) is 5.73 Å². The lowest BCUT2D eigenvalue weighted by Crippen LogP contribution is -2.40. The van der Waals surface area contributed by atoms with Crippen LogP contribution in [-0.4, -0.2) is 32.3 Å². The summed E-state index contributed by atoms with van der Waals surface area (Å²) >= 11 is 0. The van der Waals surface area contributed by atoms with Gasteiger partial charge in [-0.2, -0.15) is 5.10 Å². The van der Waals surface area contributed by atoms with E-state index in [2.05, 4.69) is 10.1 Å².